The number of carbonyl (C=O) groups excluding carboxylic acids is 1. The Bertz CT molecular complexity index is 1590. The first kappa shape index (κ1) is 29.9. The largest absolute Gasteiger partial charge is 0.462 e. The van der Waals surface area contributed by atoms with Crippen LogP contribution in [-0.2, 0) is 14.3 Å². The van der Waals surface area contributed by atoms with E-state index in [0.29, 0.717) is 15.7 Å². The van der Waals surface area contributed by atoms with Crippen molar-refractivity contribution in [1.82, 2.24) is 4.57 Å². The third-order valence-electron chi connectivity index (χ3n) is 6.46. The van der Waals surface area contributed by atoms with E-state index < -0.39 is 17.1 Å². The van der Waals surface area contributed by atoms with E-state index in [9.17, 15) is 9.59 Å². The SMILES string of the molecule is Cc1cc2c(ccc(=O)n2-c2ccc(Cl)cc2)c(-c2ccc(Cl)cc2)c1C(COC(=O)C(C)(C)C)OC(C)(C)C. The molecule has 1 unspecified atom stereocenters. The standard InChI is InChI=1S/C33H35Cl2NO4/c1-20-18-26-25(16-17-28(37)36(26)24-14-12-23(35)13-15-24)30(21-8-10-22(34)11-9-21)29(20)27(40-33(5,6)7)19-39-31(38)32(2,3)4/h8-18,27H,19H2,1-7H3. The molecule has 1 atom stereocenters. The fraction of sp³-hybridized carbons (Fsp3) is 0.333. The molecule has 4 rings (SSSR count). The zero-order valence-electron chi connectivity index (χ0n) is 24.0. The molecular weight excluding hydrogens is 545 g/mol. The Labute approximate surface area is 245 Å². The van der Waals surface area contributed by atoms with E-state index in [1.54, 1.807) is 22.8 Å². The van der Waals surface area contributed by atoms with Crippen molar-refractivity contribution in [3.63, 3.8) is 0 Å². The van der Waals surface area contributed by atoms with Crippen LogP contribution < -0.4 is 5.56 Å². The second-order valence-electron chi connectivity index (χ2n) is 12.0. The van der Waals surface area contributed by atoms with Crippen LogP contribution >= 0.6 is 23.2 Å². The summed E-state index contributed by atoms with van der Waals surface area (Å²) in [7, 11) is 0. The third kappa shape index (κ3) is 6.60. The van der Waals surface area contributed by atoms with Crippen molar-refractivity contribution in [2.24, 2.45) is 5.41 Å². The van der Waals surface area contributed by atoms with Gasteiger partial charge in [-0.15, -0.1) is 0 Å². The lowest BCUT2D eigenvalue weighted by Gasteiger charge is -2.31. The number of carbonyl (C=O) groups is 1. The fourth-order valence-electron chi connectivity index (χ4n) is 4.70. The van der Waals surface area contributed by atoms with Gasteiger partial charge >= 0.3 is 5.97 Å². The number of halogens is 2. The Hall–Kier alpha value is -3.12. The number of pyridine rings is 1. The van der Waals surface area contributed by atoms with Gasteiger partial charge in [0.15, 0.2) is 0 Å². The Morgan fingerprint density at radius 1 is 0.875 bits per heavy atom. The maximum atomic E-state index is 13.2. The molecule has 4 aromatic rings. The summed E-state index contributed by atoms with van der Waals surface area (Å²) in [4.78, 5) is 26.0. The number of esters is 1. The predicted octanol–water partition coefficient (Wildman–Crippen LogP) is 8.72. The molecular formula is C33H35Cl2NO4. The average molecular weight is 581 g/mol. The van der Waals surface area contributed by atoms with E-state index in [1.807, 2.05) is 97.0 Å². The van der Waals surface area contributed by atoms with Gasteiger partial charge in [0.1, 0.15) is 12.7 Å². The van der Waals surface area contributed by atoms with Crippen molar-refractivity contribution in [2.45, 2.75) is 60.2 Å². The normalized spacial score (nSPS) is 12.9. The summed E-state index contributed by atoms with van der Waals surface area (Å²) in [6, 6.07) is 20.1. The van der Waals surface area contributed by atoms with Gasteiger partial charge in [-0.1, -0.05) is 35.3 Å². The van der Waals surface area contributed by atoms with Crippen LogP contribution in [0.1, 0.15) is 58.8 Å². The molecule has 40 heavy (non-hydrogen) atoms. The van der Waals surface area contributed by atoms with Gasteiger partial charge in [0.2, 0.25) is 0 Å². The molecule has 0 amide bonds. The maximum Gasteiger partial charge on any atom is 0.311 e. The molecule has 0 saturated carbocycles. The predicted molar refractivity (Wildman–Crippen MR) is 164 cm³/mol. The summed E-state index contributed by atoms with van der Waals surface area (Å²) in [5, 5.41) is 2.05. The van der Waals surface area contributed by atoms with E-state index >= 15 is 0 Å². The van der Waals surface area contributed by atoms with Gasteiger partial charge in [0.05, 0.1) is 16.5 Å². The van der Waals surface area contributed by atoms with Crippen LogP contribution in [0.5, 0.6) is 0 Å². The van der Waals surface area contributed by atoms with Gasteiger partial charge in [-0.05, 0) is 119 Å². The molecule has 0 bridgehead atoms. The molecule has 7 heteroatoms. The molecule has 0 aliphatic rings. The van der Waals surface area contributed by atoms with Crippen molar-refractivity contribution in [3.05, 3.63) is 98.3 Å². The van der Waals surface area contributed by atoms with E-state index in [2.05, 4.69) is 0 Å². The summed E-state index contributed by atoms with van der Waals surface area (Å²) in [5.41, 5.74) is 3.66. The van der Waals surface area contributed by atoms with Gasteiger partial charge in [-0.3, -0.25) is 14.2 Å². The Morgan fingerprint density at radius 2 is 1.45 bits per heavy atom. The Balaban J connectivity index is 2.04. The van der Waals surface area contributed by atoms with Gasteiger partial charge in [-0.25, -0.2) is 0 Å². The number of aryl methyl sites for hydroxylation is 1. The van der Waals surface area contributed by atoms with E-state index in [4.69, 9.17) is 32.7 Å². The van der Waals surface area contributed by atoms with Crippen molar-refractivity contribution < 1.29 is 14.3 Å². The summed E-state index contributed by atoms with van der Waals surface area (Å²) in [5.74, 6) is -0.307. The molecule has 0 radical (unpaired) electrons. The zero-order chi connectivity index (χ0) is 29.4. The van der Waals surface area contributed by atoms with Gasteiger partial charge in [0.25, 0.3) is 5.56 Å². The van der Waals surface area contributed by atoms with E-state index in [0.717, 1.165) is 33.2 Å². The molecule has 210 valence electrons. The maximum absolute atomic E-state index is 13.2. The van der Waals surface area contributed by atoms with Crippen molar-refractivity contribution in [3.8, 4) is 16.8 Å². The summed E-state index contributed by atoms with van der Waals surface area (Å²) < 4.78 is 14.1. The molecule has 5 nitrogen and oxygen atoms in total. The minimum absolute atomic E-state index is 0.0388. The van der Waals surface area contributed by atoms with Gasteiger partial charge in [-0.2, -0.15) is 0 Å². The molecule has 0 saturated heterocycles. The summed E-state index contributed by atoms with van der Waals surface area (Å²) in [6.45, 7) is 13.4. The molecule has 0 N–H and O–H groups in total. The minimum atomic E-state index is -0.654. The van der Waals surface area contributed by atoms with Crippen LogP contribution in [0.4, 0.5) is 0 Å². The van der Waals surface area contributed by atoms with Gasteiger partial charge in [0, 0.05) is 27.2 Å². The van der Waals surface area contributed by atoms with E-state index in [1.165, 1.54) is 0 Å². The third-order valence-corrected chi connectivity index (χ3v) is 6.96. The first-order valence-corrected chi connectivity index (χ1v) is 14.0. The van der Waals surface area contributed by atoms with Crippen LogP contribution in [0.3, 0.4) is 0 Å². The molecule has 1 heterocycles. The number of rotatable bonds is 6. The first-order chi connectivity index (χ1) is 18.7. The fourth-order valence-corrected chi connectivity index (χ4v) is 4.95. The van der Waals surface area contributed by atoms with Crippen LogP contribution in [0, 0.1) is 12.3 Å². The highest BCUT2D eigenvalue weighted by molar-refractivity contribution is 6.31. The first-order valence-electron chi connectivity index (χ1n) is 13.2. The lowest BCUT2D eigenvalue weighted by molar-refractivity contribution is -0.162. The lowest BCUT2D eigenvalue weighted by Crippen LogP contribution is -2.30. The minimum Gasteiger partial charge on any atom is -0.462 e. The zero-order valence-corrected chi connectivity index (χ0v) is 25.5. The number of benzene rings is 3. The molecule has 1 aromatic heterocycles. The second-order valence-corrected chi connectivity index (χ2v) is 12.8. The number of hydrogen-bond acceptors (Lipinski definition) is 4. The van der Waals surface area contributed by atoms with Crippen molar-refractivity contribution >= 4 is 40.1 Å². The second kappa shape index (κ2) is 11.4. The lowest BCUT2D eigenvalue weighted by atomic mass is 9.88. The topological polar surface area (TPSA) is 57.5 Å². The highest BCUT2D eigenvalue weighted by Crippen LogP contribution is 2.41. The molecule has 0 spiro atoms. The van der Waals surface area contributed by atoms with Crippen LogP contribution in [0.2, 0.25) is 10.0 Å². The van der Waals surface area contributed by atoms with Crippen LogP contribution in [-0.4, -0.2) is 22.7 Å². The Kier molecular flexibility index (Phi) is 8.51. The quantitative estimate of drug-likeness (QED) is 0.214. The number of hydrogen-bond donors (Lipinski definition) is 0. The molecule has 3 aromatic carbocycles. The molecule has 0 aliphatic heterocycles. The Morgan fingerprint density at radius 3 is 2.00 bits per heavy atom. The number of nitrogens with zero attached hydrogens (tertiary/aromatic N) is 1. The van der Waals surface area contributed by atoms with Crippen LogP contribution in [0.25, 0.3) is 27.7 Å². The molecule has 0 fully saturated rings. The highest BCUT2D eigenvalue weighted by atomic mass is 35.5. The van der Waals surface area contributed by atoms with Crippen molar-refractivity contribution in [1.29, 1.82) is 0 Å². The summed E-state index contributed by atoms with van der Waals surface area (Å²) in [6.07, 6.45) is -0.572. The number of ether oxygens (including phenoxy) is 2. The highest BCUT2D eigenvalue weighted by Gasteiger charge is 2.30. The van der Waals surface area contributed by atoms with Crippen LogP contribution in [0.15, 0.2) is 71.5 Å². The van der Waals surface area contributed by atoms with E-state index in [-0.39, 0.29) is 18.1 Å². The van der Waals surface area contributed by atoms with Crippen molar-refractivity contribution in [2.75, 3.05) is 6.61 Å². The van der Waals surface area contributed by atoms with Gasteiger partial charge < -0.3 is 9.47 Å². The average Bonchev–Trinajstić information content (AvgIpc) is 2.86. The summed E-state index contributed by atoms with van der Waals surface area (Å²) >= 11 is 12.4. The number of fused-ring (bicyclic) bond motifs is 1. The smallest absolute Gasteiger partial charge is 0.311 e. The monoisotopic (exact) mass is 579 g/mol. The molecule has 0 aliphatic carbocycles. The number of aromatic nitrogens is 1.